The van der Waals surface area contributed by atoms with Gasteiger partial charge in [-0.2, -0.15) is 0 Å². The second kappa shape index (κ2) is 4.76. The Morgan fingerprint density at radius 2 is 2.12 bits per heavy atom. The smallest absolute Gasteiger partial charge is 0.0403 e. The molecule has 1 fully saturated rings. The van der Waals surface area contributed by atoms with E-state index in [2.05, 4.69) is 65.2 Å². The fraction of sp³-hybridized carbons (Fsp3) is 0.538. The van der Waals surface area contributed by atoms with Crippen LogP contribution in [0.3, 0.4) is 0 Å². The molecule has 1 aromatic rings. The molecular weight excluding hydrogens is 264 g/mol. The molecule has 0 spiro atoms. The minimum Gasteiger partial charge on any atom is -0.381 e. The zero-order chi connectivity index (χ0) is 11.7. The third kappa shape index (κ3) is 2.77. The molecule has 88 valence electrons. The number of hydrogen-bond acceptors (Lipinski definition) is 2. The van der Waals surface area contributed by atoms with Crippen LogP contribution in [0.1, 0.15) is 18.9 Å². The first-order valence-corrected chi connectivity index (χ1v) is 6.58. The summed E-state index contributed by atoms with van der Waals surface area (Å²) in [5.74, 6) is 0. The molecule has 0 radical (unpaired) electrons. The van der Waals surface area contributed by atoms with E-state index in [1.807, 2.05) is 0 Å². The number of likely N-dealkylation sites (tertiary alicyclic amines) is 1. The number of aryl methyl sites for hydroxylation is 1. The fourth-order valence-corrected chi connectivity index (χ4v) is 2.96. The van der Waals surface area contributed by atoms with Crippen LogP contribution in [0.5, 0.6) is 0 Å². The lowest BCUT2D eigenvalue weighted by atomic mass is 10.1. The van der Waals surface area contributed by atoms with Gasteiger partial charge in [0, 0.05) is 28.8 Å². The van der Waals surface area contributed by atoms with Crippen molar-refractivity contribution in [3.8, 4) is 0 Å². The van der Waals surface area contributed by atoms with E-state index < -0.39 is 0 Å². The van der Waals surface area contributed by atoms with Gasteiger partial charge in [0.25, 0.3) is 0 Å². The van der Waals surface area contributed by atoms with E-state index in [-0.39, 0.29) is 0 Å². The van der Waals surface area contributed by atoms with Crippen LogP contribution in [0.2, 0.25) is 0 Å². The van der Waals surface area contributed by atoms with Crippen molar-refractivity contribution in [2.45, 2.75) is 32.4 Å². The largest absolute Gasteiger partial charge is 0.381 e. The van der Waals surface area contributed by atoms with E-state index >= 15 is 0 Å². The molecule has 2 unspecified atom stereocenters. The second-order valence-electron chi connectivity index (χ2n) is 4.88. The molecule has 1 aliphatic rings. The van der Waals surface area contributed by atoms with Gasteiger partial charge in [0.15, 0.2) is 0 Å². The molecule has 1 aliphatic heterocycles. The van der Waals surface area contributed by atoms with E-state index in [1.165, 1.54) is 17.7 Å². The molecule has 2 nitrogen and oxygen atoms in total. The molecule has 0 amide bonds. The van der Waals surface area contributed by atoms with Gasteiger partial charge in [-0.05, 0) is 51.1 Å². The van der Waals surface area contributed by atoms with Crippen LogP contribution >= 0.6 is 15.9 Å². The third-order valence-electron chi connectivity index (χ3n) is 3.30. The Bertz CT molecular complexity index is 348. The Labute approximate surface area is 106 Å². The first-order chi connectivity index (χ1) is 7.54. The van der Waals surface area contributed by atoms with E-state index in [1.54, 1.807) is 0 Å². The van der Waals surface area contributed by atoms with Gasteiger partial charge in [-0.3, -0.25) is 0 Å². The van der Waals surface area contributed by atoms with Crippen molar-refractivity contribution in [1.82, 2.24) is 4.90 Å². The lowest BCUT2D eigenvalue weighted by Gasteiger charge is -2.15. The summed E-state index contributed by atoms with van der Waals surface area (Å²) in [6.07, 6.45) is 1.22. The molecule has 1 heterocycles. The maximum atomic E-state index is 3.61. The van der Waals surface area contributed by atoms with Crippen LogP contribution in [0.25, 0.3) is 0 Å². The minimum atomic E-state index is 0.578. The number of nitrogens with zero attached hydrogens (tertiary/aromatic N) is 1. The van der Waals surface area contributed by atoms with E-state index in [9.17, 15) is 0 Å². The molecule has 1 aromatic carbocycles. The highest BCUT2D eigenvalue weighted by Crippen LogP contribution is 2.23. The number of nitrogens with one attached hydrogen (secondary N) is 1. The summed E-state index contributed by atoms with van der Waals surface area (Å²) >= 11 is 3.54. The summed E-state index contributed by atoms with van der Waals surface area (Å²) in [5, 5.41) is 3.61. The first-order valence-electron chi connectivity index (χ1n) is 5.78. The summed E-state index contributed by atoms with van der Waals surface area (Å²) in [6, 6.07) is 7.75. The van der Waals surface area contributed by atoms with Gasteiger partial charge < -0.3 is 10.2 Å². The number of anilines is 1. The van der Waals surface area contributed by atoms with Gasteiger partial charge in [0.1, 0.15) is 0 Å². The fourth-order valence-electron chi connectivity index (χ4n) is 2.35. The van der Waals surface area contributed by atoms with Gasteiger partial charge in [-0.15, -0.1) is 0 Å². The number of hydrogen-bond donors (Lipinski definition) is 1. The van der Waals surface area contributed by atoms with Gasteiger partial charge in [0.2, 0.25) is 0 Å². The number of benzene rings is 1. The third-order valence-corrected chi connectivity index (χ3v) is 3.76. The topological polar surface area (TPSA) is 15.3 Å². The van der Waals surface area contributed by atoms with E-state index in [0.717, 1.165) is 11.0 Å². The second-order valence-corrected chi connectivity index (χ2v) is 5.80. The van der Waals surface area contributed by atoms with Crippen LogP contribution in [0.4, 0.5) is 5.69 Å². The molecule has 2 rings (SSSR count). The Morgan fingerprint density at radius 1 is 1.38 bits per heavy atom. The highest BCUT2D eigenvalue weighted by Gasteiger charge is 2.25. The van der Waals surface area contributed by atoms with Crippen molar-refractivity contribution >= 4 is 21.6 Å². The zero-order valence-corrected chi connectivity index (χ0v) is 11.7. The van der Waals surface area contributed by atoms with Gasteiger partial charge >= 0.3 is 0 Å². The summed E-state index contributed by atoms with van der Waals surface area (Å²) in [7, 11) is 2.19. The highest BCUT2D eigenvalue weighted by atomic mass is 79.9. The molecule has 0 aliphatic carbocycles. The first kappa shape index (κ1) is 11.9. The Kier molecular flexibility index (Phi) is 3.55. The Morgan fingerprint density at radius 3 is 2.69 bits per heavy atom. The highest BCUT2D eigenvalue weighted by molar-refractivity contribution is 9.10. The summed E-state index contributed by atoms with van der Waals surface area (Å²) in [5.41, 5.74) is 2.51. The van der Waals surface area contributed by atoms with Gasteiger partial charge in [-0.25, -0.2) is 0 Å². The summed E-state index contributed by atoms with van der Waals surface area (Å²) < 4.78 is 1.15. The quantitative estimate of drug-likeness (QED) is 0.896. The predicted octanol–water partition coefficient (Wildman–Crippen LogP) is 3.26. The van der Waals surface area contributed by atoms with Crippen LogP contribution in [-0.2, 0) is 0 Å². The molecule has 1 saturated heterocycles. The van der Waals surface area contributed by atoms with Crippen molar-refractivity contribution in [3.63, 3.8) is 0 Å². The van der Waals surface area contributed by atoms with Crippen molar-refractivity contribution in [2.24, 2.45) is 0 Å². The molecule has 3 heteroatoms. The van der Waals surface area contributed by atoms with Crippen molar-refractivity contribution in [1.29, 1.82) is 0 Å². The molecule has 0 aromatic heterocycles. The van der Waals surface area contributed by atoms with Gasteiger partial charge in [-0.1, -0.05) is 15.9 Å². The van der Waals surface area contributed by atoms with Crippen LogP contribution in [-0.4, -0.2) is 30.6 Å². The van der Waals surface area contributed by atoms with Crippen molar-refractivity contribution < 1.29 is 0 Å². The van der Waals surface area contributed by atoms with Crippen LogP contribution < -0.4 is 5.32 Å². The minimum absolute atomic E-state index is 0.578. The van der Waals surface area contributed by atoms with Gasteiger partial charge in [0.05, 0.1) is 0 Å². The maximum Gasteiger partial charge on any atom is 0.0403 e. The SMILES string of the molecule is Cc1cc(Br)cc(NC2CC(C)N(C)C2)c1. The monoisotopic (exact) mass is 282 g/mol. The lowest BCUT2D eigenvalue weighted by molar-refractivity contribution is 0.330. The normalized spacial score (nSPS) is 26.0. The Hall–Kier alpha value is -0.540. The number of likely N-dealkylation sites (N-methyl/N-ethyl adjacent to an activating group) is 1. The average molecular weight is 283 g/mol. The summed E-state index contributed by atoms with van der Waals surface area (Å²) in [4.78, 5) is 2.41. The molecule has 16 heavy (non-hydrogen) atoms. The molecule has 2 atom stereocenters. The predicted molar refractivity (Wildman–Crippen MR) is 73.0 cm³/mol. The lowest BCUT2D eigenvalue weighted by Crippen LogP contribution is -2.24. The van der Waals surface area contributed by atoms with Crippen LogP contribution in [0.15, 0.2) is 22.7 Å². The number of rotatable bonds is 2. The standard InChI is InChI=1S/C13H19BrN2/c1-9-4-11(14)7-12(5-9)15-13-6-10(2)16(3)8-13/h4-5,7,10,13,15H,6,8H2,1-3H3. The molecule has 0 saturated carbocycles. The molecular formula is C13H19BrN2. The van der Waals surface area contributed by atoms with E-state index in [0.29, 0.717) is 12.1 Å². The number of halogens is 1. The average Bonchev–Trinajstić information content (AvgIpc) is 2.43. The van der Waals surface area contributed by atoms with Crippen molar-refractivity contribution in [2.75, 3.05) is 18.9 Å². The van der Waals surface area contributed by atoms with Crippen LogP contribution in [0, 0.1) is 6.92 Å². The van der Waals surface area contributed by atoms with E-state index in [4.69, 9.17) is 0 Å². The zero-order valence-electron chi connectivity index (χ0n) is 10.1. The maximum absolute atomic E-state index is 3.61. The van der Waals surface area contributed by atoms with Crippen molar-refractivity contribution in [3.05, 3.63) is 28.2 Å². The molecule has 1 N–H and O–H groups in total. The Balaban J connectivity index is 2.04. The summed E-state index contributed by atoms with van der Waals surface area (Å²) in [6.45, 7) is 5.54. The molecule has 0 bridgehead atoms.